The monoisotopic (exact) mass is 244 g/mol. The summed E-state index contributed by atoms with van der Waals surface area (Å²) < 4.78 is 2.62. The average Bonchev–Trinajstić information content (AvgIpc) is 2.36. The summed E-state index contributed by atoms with van der Waals surface area (Å²) in [4.78, 5) is 23.5. The quantitative estimate of drug-likeness (QED) is 0.806. The van der Waals surface area contributed by atoms with Crippen molar-refractivity contribution < 1.29 is 0 Å². The molecule has 2 aromatic rings. The highest BCUT2D eigenvalue weighted by Gasteiger charge is 2.10. The summed E-state index contributed by atoms with van der Waals surface area (Å²) >= 11 is 0. The Kier molecular flexibility index (Phi) is 3.19. The molecule has 0 spiro atoms. The standard InChI is InChI=1S/C14H16N2O2/c1-10(2)11-6-4-5-7-12(11)16-9-8-13(17)15(3)14(16)18/h4-10H,1-3H3. The molecule has 0 saturated heterocycles. The van der Waals surface area contributed by atoms with Gasteiger partial charge in [-0.3, -0.25) is 13.9 Å². The lowest BCUT2D eigenvalue weighted by molar-refractivity contribution is 0.719. The Balaban J connectivity index is 2.75. The van der Waals surface area contributed by atoms with Crippen molar-refractivity contribution in [2.75, 3.05) is 0 Å². The van der Waals surface area contributed by atoms with Gasteiger partial charge in [0, 0.05) is 19.3 Å². The van der Waals surface area contributed by atoms with Crippen LogP contribution in [-0.4, -0.2) is 9.13 Å². The van der Waals surface area contributed by atoms with Crippen LogP contribution in [0.3, 0.4) is 0 Å². The molecule has 0 aliphatic rings. The number of nitrogens with zero attached hydrogens (tertiary/aromatic N) is 2. The van der Waals surface area contributed by atoms with E-state index in [1.54, 1.807) is 0 Å². The molecule has 0 radical (unpaired) electrons. The maximum atomic E-state index is 12.1. The van der Waals surface area contributed by atoms with Crippen molar-refractivity contribution in [2.24, 2.45) is 7.05 Å². The molecule has 2 rings (SSSR count). The van der Waals surface area contributed by atoms with Crippen LogP contribution in [-0.2, 0) is 7.05 Å². The predicted molar refractivity (Wildman–Crippen MR) is 71.4 cm³/mol. The Morgan fingerprint density at radius 3 is 2.39 bits per heavy atom. The van der Waals surface area contributed by atoms with E-state index in [1.165, 1.54) is 23.9 Å². The first kappa shape index (κ1) is 12.4. The lowest BCUT2D eigenvalue weighted by atomic mass is 10.0. The van der Waals surface area contributed by atoms with E-state index in [4.69, 9.17) is 0 Å². The fourth-order valence-corrected chi connectivity index (χ4v) is 1.95. The molecule has 4 heteroatoms. The number of para-hydroxylation sites is 1. The molecule has 0 unspecified atom stereocenters. The van der Waals surface area contributed by atoms with Gasteiger partial charge in [0.2, 0.25) is 0 Å². The third kappa shape index (κ3) is 2.01. The van der Waals surface area contributed by atoms with Gasteiger partial charge in [-0.05, 0) is 17.5 Å². The smallest absolute Gasteiger partial charge is 0.269 e. The molecule has 0 N–H and O–H groups in total. The van der Waals surface area contributed by atoms with Crippen molar-refractivity contribution in [3.05, 3.63) is 62.9 Å². The minimum absolute atomic E-state index is 0.293. The maximum Gasteiger partial charge on any atom is 0.335 e. The van der Waals surface area contributed by atoms with E-state index in [-0.39, 0.29) is 11.2 Å². The van der Waals surface area contributed by atoms with Crippen LogP contribution < -0.4 is 11.2 Å². The zero-order valence-corrected chi connectivity index (χ0v) is 10.8. The SMILES string of the molecule is CC(C)c1ccccc1-n1ccc(=O)n(C)c1=O. The summed E-state index contributed by atoms with van der Waals surface area (Å²) in [5.74, 6) is 0.310. The van der Waals surface area contributed by atoms with Crippen LogP contribution in [0.5, 0.6) is 0 Å². The summed E-state index contributed by atoms with van der Waals surface area (Å²) in [6, 6.07) is 9.13. The van der Waals surface area contributed by atoms with Crippen LogP contribution in [0, 0.1) is 0 Å². The molecule has 0 aliphatic heterocycles. The molecule has 0 amide bonds. The van der Waals surface area contributed by atoms with Crippen LogP contribution in [0.2, 0.25) is 0 Å². The Bertz CT molecular complexity index is 681. The molecule has 0 aliphatic carbocycles. The molecule has 94 valence electrons. The molecule has 0 bridgehead atoms. The van der Waals surface area contributed by atoms with Gasteiger partial charge in [0.05, 0.1) is 5.69 Å². The minimum atomic E-state index is -0.324. The van der Waals surface area contributed by atoms with E-state index >= 15 is 0 Å². The molecular weight excluding hydrogens is 228 g/mol. The van der Waals surface area contributed by atoms with E-state index in [0.717, 1.165) is 15.8 Å². The Morgan fingerprint density at radius 2 is 1.72 bits per heavy atom. The minimum Gasteiger partial charge on any atom is -0.269 e. The first-order chi connectivity index (χ1) is 8.52. The van der Waals surface area contributed by atoms with Gasteiger partial charge in [0.15, 0.2) is 0 Å². The summed E-state index contributed by atoms with van der Waals surface area (Å²) in [5, 5.41) is 0. The van der Waals surface area contributed by atoms with Gasteiger partial charge in [0.25, 0.3) is 5.56 Å². The molecule has 1 heterocycles. The van der Waals surface area contributed by atoms with Crippen molar-refractivity contribution in [2.45, 2.75) is 19.8 Å². The van der Waals surface area contributed by atoms with Crippen LogP contribution in [0.4, 0.5) is 0 Å². The van der Waals surface area contributed by atoms with Gasteiger partial charge in [0.1, 0.15) is 0 Å². The van der Waals surface area contributed by atoms with Crippen LogP contribution >= 0.6 is 0 Å². The maximum absolute atomic E-state index is 12.1. The molecule has 18 heavy (non-hydrogen) atoms. The second kappa shape index (κ2) is 4.64. The lowest BCUT2D eigenvalue weighted by Crippen LogP contribution is -2.36. The number of aromatic nitrogens is 2. The lowest BCUT2D eigenvalue weighted by Gasteiger charge is -2.14. The van der Waals surface area contributed by atoms with Gasteiger partial charge >= 0.3 is 5.69 Å². The highest BCUT2D eigenvalue weighted by atomic mass is 16.2. The zero-order chi connectivity index (χ0) is 13.3. The van der Waals surface area contributed by atoms with Gasteiger partial charge in [-0.25, -0.2) is 4.79 Å². The van der Waals surface area contributed by atoms with Gasteiger partial charge in [-0.1, -0.05) is 32.0 Å². The molecule has 1 aromatic heterocycles. The molecular formula is C14H16N2O2. The summed E-state index contributed by atoms with van der Waals surface area (Å²) in [7, 11) is 1.49. The fraction of sp³-hybridized carbons (Fsp3) is 0.286. The normalized spacial score (nSPS) is 10.9. The topological polar surface area (TPSA) is 44.0 Å². The Labute approximate surface area is 105 Å². The third-order valence-electron chi connectivity index (χ3n) is 3.01. The molecule has 0 saturated carbocycles. The van der Waals surface area contributed by atoms with Crippen molar-refractivity contribution >= 4 is 0 Å². The summed E-state index contributed by atoms with van der Waals surface area (Å²) in [6.07, 6.45) is 1.53. The first-order valence-corrected chi connectivity index (χ1v) is 5.90. The molecule has 0 atom stereocenters. The number of hydrogen-bond donors (Lipinski definition) is 0. The van der Waals surface area contributed by atoms with E-state index in [9.17, 15) is 9.59 Å². The molecule has 4 nitrogen and oxygen atoms in total. The average molecular weight is 244 g/mol. The van der Waals surface area contributed by atoms with Gasteiger partial charge in [-0.2, -0.15) is 0 Å². The van der Waals surface area contributed by atoms with Crippen LogP contribution in [0.15, 0.2) is 46.1 Å². The molecule has 1 aromatic carbocycles. The van der Waals surface area contributed by atoms with Crippen molar-refractivity contribution in [1.82, 2.24) is 9.13 Å². The predicted octanol–water partition coefficient (Wildman–Crippen LogP) is 1.66. The van der Waals surface area contributed by atoms with E-state index in [1.807, 2.05) is 24.3 Å². The van der Waals surface area contributed by atoms with E-state index in [0.29, 0.717) is 5.92 Å². The van der Waals surface area contributed by atoms with Gasteiger partial charge < -0.3 is 0 Å². The van der Waals surface area contributed by atoms with Crippen molar-refractivity contribution in [1.29, 1.82) is 0 Å². The molecule has 0 fully saturated rings. The number of rotatable bonds is 2. The number of hydrogen-bond acceptors (Lipinski definition) is 2. The Hall–Kier alpha value is -2.10. The van der Waals surface area contributed by atoms with Crippen molar-refractivity contribution in [3.8, 4) is 5.69 Å². The second-order valence-electron chi connectivity index (χ2n) is 4.58. The highest BCUT2D eigenvalue weighted by molar-refractivity contribution is 5.42. The Morgan fingerprint density at radius 1 is 1.06 bits per heavy atom. The van der Waals surface area contributed by atoms with Crippen LogP contribution in [0.1, 0.15) is 25.3 Å². The van der Waals surface area contributed by atoms with Crippen molar-refractivity contribution in [3.63, 3.8) is 0 Å². The first-order valence-electron chi connectivity index (χ1n) is 5.90. The van der Waals surface area contributed by atoms with E-state index < -0.39 is 0 Å². The zero-order valence-electron chi connectivity index (χ0n) is 10.8. The number of benzene rings is 1. The van der Waals surface area contributed by atoms with E-state index in [2.05, 4.69) is 13.8 Å². The van der Waals surface area contributed by atoms with Crippen LogP contribution in [0.25, 0.3) is 5.69 Å². The fourth-order valence-electron chi connectivity index (χ4n) is 1.95. The second-order valence-corrected chi connectivity index (χ2v) is 4.58. The summed E-state index contributed by atoms with van der Waals surface area (Å²) in [5.41, 5.74) is 1.29. The van der Waals surface area contributed by atoms with Gasteiger partial charge in [-0.15, -0.1) is 0 Å². The largest absolute Gasteiger partial charge is 0.335 e. The highest BCUT2D eigenvalue weighted by Crippen LogP contribution is 2.21. The third-order valence-corrected chi connectivity index (χ3v) is 3.01. The summed E-state index contributed by atoms with van der Waals surface area (Å²) in [6.45, 7) is 4.15.